The maximum Gasteiger partial charge on any atom is 0.230 e. The quantitative estimate of drug-likeness (QED) is 0.655. The number of aromatic nitrogens is 3. The van der Waals surface area contributed by atoms with Crippen molar-refractivity contribution in [3.63, 3.8) is 0 Å². The Kier molecular flexibility index (Phi) is 5.96. The van der Waals surface area contributed by atoms with Gasteiger partial charge in [0.15, 0.2) is 11.0 Å². The number of nitrogens with zero attached hydrogens (tertiary/aromatic N) is 3. The molecule has 0 aliphatic heterocycles. The van der Waals surface area contributed by atoms with E-state index in [2.05, 4.69) is 47.6 Å². The largest absolute Gasteiger partial charge is 0.349 e. The predicted octanol–water partition coefficient (Wildman–Crippen LogP) is 4.07. The summed E-state index contributed by atoms with van der Waals surface area (Å²) < 4.78 is 1.92. The molecule has 0 bridgehead atoms. The van der Waals surface area contributed by atoms with Crippen LogP contribution in [-0.4, -0.2) is 26.4 Å². The van der Waals surface area contributed by atoms with Gasteiger partial charge in [0.25, 0.3) is 0 Å². The lowest BCUT2D eigenvalue weighted by Crippen LogP contribution is -2.28. The molecule has 0 radical (unpaired) electrons. The maximum atomic E-state index is 12.4. The van der Waals surface area contributed by atoms with Crippen LogP contribution in [0, 0.1) is 13.8 Å². The summed E-state index contributed by atoms with van der Waals surface area (Å²) in [6.45, 7) is 6.17. The third-order valence-corrected chi connectivity index (χ3v) is 5.63. The highest BCUT2D eigenvalue weighted by Gasteiger charge is 2.14. The van der Waals surface area contributed by atoms with Crippen LogP contribution in [0.5, 0.6) is 0 Å². The monoisotopic (exact) mass is 380 g/mol. The average Bonchev–Trinajstić information content (AvgIpc) is 3.03. The molecule has 1 N–H and O–H groups in total. The second kappa shape index (κ2) is 8.39. The van der Waals surface area contributed by atoms with Crippen LogP contribution in [0.4, 0.5) is 0 Å². The Morgan fingerprint density at radius 3 is 2.56 bits per heavy atom. The van der Waals surface area contributed by atoms with Gasteiger partial charge in [-0.1, -0.05) is 60.3 Å². The zero-order valence-electron chi connectivity index (χ0n) is 16.1. The number of hydrogen-bond acceptors (Lipinski definition) is 4. The minimum absolute atomic E-state index is 0.0185. The molecular formula is C21H24N4OS. The van der Waals surface area contributed by atoms with Gasteiger partial charge in [0.05, 0.1) is 11.8 Å². The van der Waals surface area contributed by atoms with Crippen LogP contribution in [0.25, 0.3) is 11.4 Å². The molecule has 0 fully saturated rings. The Morgan fingerprint density at radius 1 is 1.11 bits per heavy atom. The van der Waals surface area contributed by atoms with Crippen LogP contribution in [-0.2, 0) is 11.8 Å². The van der Waals surface area contributed by atoms with Gasteiger partial charge in [-0.25, -0.2) is 0 Å². The van der Waals surface area contributed by atoms with Crippen LogP contribution >= 0.6 is 11.8 Å². The van der Waals surface area contributed by atoms with E-state index >= 15 is 0 Å². The lowest BCUT2D eigenvalue weighted by Gasteiger charge is -2.15. The van der Waals surface area contributed by atoms with Gasteiger partial charge < -0.3 is 9.88 Å². The molecule has 0 aliphatic carbocycles. The molecule has 1 amide bonds. The van der Waals surface area contributed by atoms with Crippen LogP contribution in [0.15, 0.2) is 53.7 Å². The minimum Gasteiger partial charge on any atom is -0.349 e. The number of aryl methyl sites for hydroxylation is 2. The van der Waals surface area contributed by atoms with Gasteiger partial charge in [-0.15, -0.1) is 10.2 Å². The van der Waals surface area contributed by atoms with Crippen molar-refractivity contribution in [3.05, 3.63) is 65.2 Å². The van der Waals surface area contributed by atoms with E-state index in [1.165, 1.54) is 22.9 Å². The normalized spacial score (nSPS) is 12.0. The summed E-state index contributed by atoms with van der Waals surface area (Å²) in [7, 11) is 1.92. The van der Waals surface area contributed by atoms with Crippen molar-refractivity contribution >= 4 is 17.7 Å². The van der Waals surface area contributed by atoms with E-state index in [-0.39, 0.29) is 11.9 Å². The highest BCUT2D eigenvalue weighted by atomic mass is 32.2. The van der Waals surface area contributed by atoms with E-state index in [1.807, 2.05) is 48.9 Å². The summed E-state index contributed by atoms with van der Waals surface area (Å²) in [5, 5.41) is 12.2. The molecule has 1 unspecified atom stereocenters. The van der Waals surface area contributed by atoms with E-state index < -0.39 is 0 Å². The third-order valence-electron chi connectivity index (χ3n) is 4.61. The number of nitrogens with one attached hydrogen (secondary N) is 1. The lowest BCUT2D eigenvalue weighted by molar-refractivity contribution is -0.119. The first-order valence-electron chi connectivity index (χ1n) is 8.90. The standard InChI is InChI=1S/C21H24N4OS/c1-14-10-11-18(12-15(14)2)16(3)22-19(26)13-27-21-24-23-20(25(21)4)17-8-6-5-7-9-17/h5-12,16H,13H2,1-4H3,(H,22,26). The molecule has 140 valence electrons. The van der Waals surface area contributed by atoms with Crippen LogP contribution in [0.3, 0.4) is 0 Å². The van der Waals surface area contributed by atoms with Crippen molar-refractivity contribution in [1.29, 1.82) is 0 Å². The molecule has 27 heavy (non-hydrogen) atoms. The smallest absolute Gasteiger partial charge is 0.230 e. The molecular weight excluding hydrogens is 356 g/mol. The van der Waals surface area contributed by atoms with Gasteiger partial charge in [-0.05, 0) is 37.5 Å². The minimum atomic E-state index is -0.0308. The Balaban J connectivity index is 1.59. The van der Waals surface area contributed by atoms with E-state index in [0.29, 0.717) is 5.75 Å². The van der Waals surface area contributed by atoms with Crippen molar-refractivity contribution < 1.29 is 4.79 Å². The number of thioether (sulfide) groups is 1. The zero-order chi connectivity index (χ0) is 19.4. The first kappa shape index (κ1) is 19.2. The van der Waals surface area contributed by atoms with E-state index in [0.717, 1.165) is 22.1 Å². The number of hydrogen-bond donors (Lipinski definition) is 1. The van der Waals surface area contributed by atoms with Crippen LogP contribution < -0.4 is 5.32 Å². The van der Waals surface area contributed by atoms with Gasteiger partial charge >= 0.3 is 0 Å². The molecule has 0 aliphatic rings. The maximum absolute atomic E-state index is 12.4. The molecule has 1 heterocycles. The van der Waals surface area contributed by atoms with E-state index in [4.69, 9.17) is 0 Å². The number of carbonyl (C=O) groups is 1. The molecule has 0 saturated carbocycles. The van der Waals surface area contributed by atoms with E-state index in [1.54, 1.807) is 0 Å². The average molecular weight is 381 g/mol. The van der Waals surface area contributed by atoms with Crippen molar-refractivity contribution in [3.8, 4) is 11.4 Å². The fraction of sp³-hybridized carbons (Fsp3) is 0.286. The fourth-order valence-corrected chi connectivity index (χ4v) is 3.53. The summed E-state index contributed by atoms with van der Waals surface area (Å²) in [5.74, 6) is 1.08. The highest BCUT2D eigenvalue weighted by Crippen LogP contribution is 2.22. The molecule has 6 heteroatoms. The Morgan fingerprint density at radius 2 is 1.85 bits per heavy atom. The van der Waals surface area contributed by atoms with Crippen molar-refractivity contribution in [2.75, 3.05) is 5.75 Å². The zero-order valence-corrected chi connectivity index (χ0v) is 16.9. The molecule has 1 atom stereocenters. The summed E-state index contributed by atoms with van der Waals surface area (Å²) in [6.07, 6.45) is 0. The topological polar surface area (TPSA) is 59.8 Å². The summed E-state index contributed by atoms with van der Waals surface area (Å²) in [6, 6.07) is 16.2. The van der Waals surface area contributed by atoms with Crippen molar-refractivity contribution in [2.45, 2.75) is 32.0 Å². The Labute approximate surface area is 164 Å². The second-order valence-electron chi connectivity index (χ2n) is 6.65. The molecule has 3 rings (SSSR count). The molecule has 0 spiro atoms. The van der Waals surface area contributed by atoms with Gasteiger partial charge in [-0.3, -0.25) is 4.79 Å². The van der Waals surface area contributed by atoms with Gasteiger partial charge in [-0.2, -0.15) is 0 Å². The first-order chi connectivity index (χ1) is 13.0. The van der Waals surface area contributed by atoms with Crippen molar-refractivity contribution in [2.24, 2.45) is 7.05 Å². The number of benzene rings is 2. The number of amides is 1. The number of rotatable bonds is 6. The van der Waals surface area contributed by atoms with Crippen LogP contribution in [0.1, 0.15) is 29.7 Å². The van der Waals surface area contributed by atoms with Gasteiger partial charge in [0, 0.05) is 12.6 Å². The number of carbonyl (C=O) groups excluding carboxylic acids is 1. The van der Waals surface area contributed by atoms with Gasteiger partial charge in [0.2, 0.25) is 5.91 Å². The first-order valence-corrected chi connectivity index (χ1v) is 9.88. The van der Waals surface area contributed by atoms with Crippen LogP contribution in [0.2, 0.25) is 0 Å². The molecule has 1 aromatic heterocycles. The molecule has 0 saturated heterocycles. The summed E-state index contributed by atoms with van der Waals surface area (Å²) in [5.41, 5.74) is 4.61. The Hall–Kier alpha value is -2.60. The Bertz CT molecular complexity index is 937. The molecule has 5 nitrogen and oxygen atoms in total. The summed E-state index contributed by atoms with van der Waals surface area (Å²) >= 11 is 1.39. The lowest BCUT2D eigenvalue weighted by atomic mass is 10.0. The van der Waals surface area contributed by atoms with E-state index in [9.17, 15) is 4.79 Å². The second-order valence-corrected chi connectivity index (χ2v) is 7.60. The third kappa shape index (κ3) is 4.57. The predicted molar refractivity (Wildman–Crippen MR) is 110 cm³/mol. The SMILES string of the molecule is Cc1ccc(C(C)NC(=O)CSc2nnc(-c3ccccc3)n2C)cc1C. The van der Waals surface area contributed by atoms with Crippen molar-refractivity contribution in [1.82, 2.24) is 20.1 Å². The fourth-order valence-electron chi connectivity index (χ4n) is 2.81. The summed E-state index contributed by atoms with van der Waals surface area (Å²) in [4.78, 5) is 12.4. The molecule has 2 aromatic carbocycles. The van der Waals surface area contributed by atoms with Gasteiger partial charge in [0.1, 0.15) is 0 Å². The molecule has 3 aromatic rings. The highest BCUT2D eigenvalue weighted by molar-refractivity contribution is 7.99.